The number of benzene rings is 1. The summed E-state index contributed by atoms with van der Waals surface area (Å²) < 4.78 is 1.87. The van der Waals surface area contributed by atoms with Gasteiger partial charge in [0, 0.05) is 57.0 Å². The van der Waals surface area contributed by atoms with Crippen LogP contribution in [0.25, 0.3) is 16.8 Å². The first-order valence-corrected chi connectivity index (χ1v) is 12.5. The van der Waals surface area contributed by atoms with E-state index in [2.05, 4.69) is 44.1 Å². The molecule has 1 aromatic carbocycles. The summed E-state index contributed by atoms with van der Waals surface area (Å²) >= 11 is 6.80. The van der Waals surface area contributed by atoms with E-state index in [4.69, 9.17) is 11.6 Å². The van der Waals surface area contributed by atoms with Crippen molar-refractivity contribution < 1.29 is 4.79 Å². The third-order valence-corrected chi connectivity index (χ3v) is 7.48. The number of pyridine rings is 2. The number of rotatable bonds is 5. The van der Waals surface area contributed by atoms with E-state index in [0.29, 0.717) is 18.0 Å². The van der Waals surface area contributed by atoms with Gasteiger partial charge in [-0.05, 0) is 41.4 Å². The second kappa shape index (κ2) is 8.98. The van der Waals surface area contributed by atoms with Crippen molar-refractivity contribution >= 4 is 40.2 Å². The van der Waals surface area contributed by atoms with Gasteiger partial charge in [-0.3, -0.25) is 9.20 Å². The average molecular weight is 487 g/mol. The van der Waals surface area contributed by atoms with E-state index < -0.39 is 0 Å². The van der Waals surface area contributed by atoms with Crippen molar-refractivity contribution in [1.29, 1.82) is 0 Å². The van der Waals surface area contributed by atoms with Crippen molar-refractivity contribution in [2.24, 2.45) is 0 Å². The molecule has 1 fully saturated rings. The smallest absolute Gasteiger partial charge is 0.161 e. The van der Waals surface area contributed by atoms with Gasteiger partial charge in [0.1, 0.15) is 16.8 Å². The SMILES string of the molecule is CCN1CCN(c2ccc(Nc3cc(-c4ccc5c(c4)CC(=O)C5)c(Cl)n4ccnc34)nc2)CC1. The zero-order valence-electron chi connectivity index (χ0n) is 19.7. The Kier molecular flexibility index (Phi) is 5.66. The minimum Gasteiger partial charge on any atom is -0.368 e. The summed E-state index contributed by atoms with van der Waals surface area (Å²) in [5, 5.41) is 4.03. The molecule has 1 N–H and O–H groups in total. The molecule has 6 rings (SSSR count). The van der Waals surface area contributed by atoms with Gasteiger partial charge >= 0.3 is 0 Å². The van der Waals surface area contributed by atoms with Crippen LogP contribution in [-0.2, 0) is 17.6 Å². The number of likely N-dealkylation sites (N-methyl/N-ethyl adjacent to an activating group) is 1. The molecule has 0 saturated carbocycles. The summed E-state index contributed by atoms with van der Waals surface area (Å²) in [6.45, 7) is 7.51. The van der Waals surface area contributed by atoms with E-state index in [1.165, 1.54) is 0 Å². The molecule has 1 aliphatic carbocycles. The Morgan fingerprint density at radius 3 is 2.60 bits per heavy atom. The number of anilines is 3. The molecule has 0 spiro atoms. The van der Waals surface area contributed by atoms with Gasteiger partial charge in [-0.2, -0.15) is 0 Å². The number of imidazole rings is 1. The lowest BCUT2D eigenvalue weighted by atomic mass is 10.0. The second-order valence-electron chi connectivity index (χ2n) is 9.21. The van der Waals surface area contributed by atoms with Crippen molar-refractivity contribution in [3.05, 3.63) is 71.3 Å². The fourth-order valence-electron chi connectivity index (χ4n) is 5.08. The monoisotopic (exact) mass is 486 g/mol. The van der Waals surface area contributed by atoms with Crippen LogP contribution in [0.2, 0.25) is 5.15 Å². The Hall–Kier alpha value is -3.42. The van der Waals surface area contributed by atoms with E-state index >= 15 is 0 Å². The summed E-state index contributed by atoms with van der Waals surface area (Å²) in [5.74, 6) is 1.01. The lowest BCUT2D eigenvalue weighted by Gasteiger charge is -2.35. The number of hydrogen-bond acceptors (Lipinski definition) is 6. The minimum atomic E-state index is 0.262. The van der Waals surface area contributed by atoms with Gasteiger partial charge in [0.15, 0.2) is 5.65 Å². The van der Waals surface area contributed by atoms with E-state index in [1.807, 2.05) is 41.1 Å². The fourth-order valence-corrected chi connectivity index (χ4v) is 5.38. The van der Waals surface area contributed by atoms with E-state index in [0.717, 1.165) is 77.8 Å². The molecule has 1 aliphatic heterocycles. The van der Waals surface area contributed by atoms with Gasteiger partial charge in [-0.1, -0.05) is 36.7 Å². The van der Waals surface area contributed by atoms with Crippen molar-refractivity contribution in [3.8, 4) is 11.1 Å². The molecular weight excluding hydrogens is 460 g/mol. The average Bonchev–Trinajstić information content (AvgIpc) is 3.52. The Bertz CT molecular complexity index is 1410. The van der Waals surface area contributed by atoms with Crippen LogP contribution >= 0.6 is 11.6 Å². The maximum atomic E-state index is 11.9. The fraction of sp³-hybridized carbons (Fsp3) is 0.296. The predicted octanol–water partition coefficient (Wildman–Crippen LogP) is 4.60. The summed E-state index contributed by atoms with van der Waals surface area (Å²) in [6.07, 6.45) is 6.54. The third-order valence-electron chi connectivity index (χ3n) is 7.09. The van der Waals surface area contributed by atoms with Crippen molar-refractivity contribution in [2.45, 2.75) is 19.8 Å². The van der Waals surface area contributed by atoms with Gasteiger partial charge in [0.2, 0.25) is 0 Å². The molecular formula is C27H27ClN6O. The number of aromatic nitrogens is 3. The molecule has 0 unspecified atom stereocenters. The molecule has 3 aromatic heterocycles. The highest BCUT2D eigenvalue weighted by molar-refractivity contribution is 6.32. The van der Waals surface area contributed by atoms with Crippen molar-refractivity contribution in [3.63, 3.8) is 0 Å². The lowest BCUT2D eigenvalue weighted by molar-refractivity contribution is -0.117. The van der Waals surface area contributed by atoms with Gasteiger partial charge in [-0.25, -0.2) is 9.97 Å². The Morgan fingerprint density at radius 1 is 1.00 bits per heavy atom. The van der Waals surface area contributed by atoms with Crippen LogP contribution in [0, 0.1) is 0 Å². The standard InChI is InChI=1S/C27H27ClN6O/c1-2-32-9-11-33(12-10-32)21-5-6-25(30-17-21)31-24-16-23(26(28)34-8-7-29-27(24)34)19-4-3-18-14-22(35)15-20(18)13-19/h3-8,13,16-17H,2,9-12,14-15H2,1H3,(H,30,31). The zero-order chi connectivity index (χ0) is 23.9. The highest BCUT2D eigenvalue weighted by Gasteiger charge is 2.21. The zero-order valence-corrected chi connectivity index (χ0v) is 20.4. The van der Waals surface area contributed by atoms with Crippen molar-refractivity contribution in [2.75, 3.05) is 42.9 Å². The summed E-state index contributed by atoms with van der Waals surface area (Å²) in [7, 11) is 0. The number of halogens is 1. The number of ketones is 1. The molecule has 7 nitrogen and oxygen atoms in total. The van der Waals surface area contributed by atoms with Crippen LogP contribution in [0.1, 0.15) is 18.1 Å². The van der Waals surface area contributed by atoms with E-state index in [1.54, 1.807) is 6.20 Å². The lowest BCUT2D eigenvalue weighted by Crippen LogP contribution is -2.46. The number of carbonyl (C=O) groups excluding carboxylic acids is 1. The number of hydrogen-bond donors (Lipinski definition) is 1. The van der Waals surface area contributed by atoms with E-state index in [-0.39, 0.29) is 5.78 Å². The number of piperazine rings is 1. The molecule has 35 heavy (non-hydrogen) atoms. The molecule has 4 aromatic rings. The molecule has 1 saturated heterocycles. The Balaban J connectivity index is 1.29. The Labute approximate surface area is 209 Å². The van der Waals surface area contributed by atoms with Gasteiger partial charge in [0.25, 0.3) is 0 Å². The van der Waals surface area contributed by atoms with Gasteiger partial charge in [0.05, 0.1) is 17.6 Å². The number of nitrogens with one attached hydrogen (secondary N) is 1. The minimum absolute atomic E-state index is 0.262. The van der Waals surface area contributed by atoms with Crippen LogP contribution in [0.3, 0.4) is 0 Å². The summed E-state index contributed by atoms with van der Waals surface area (Å²) in [6, 6.07) is 12.3. The predicted molar refractivity (Wildman–Crippen MR) is 140 cm³/mol. The third kappa shape index (κ3) is 4.15. The molecule has 178 valence electrons. The summed E-state index contributed by atoms with van der Waals surface area (Å²) in [5.41, 5.74) is 6.75. The first-order chi connectivity index (χ1) is 17.1. The molecule has 0 radical (unpaired) electrons. The Morgan fingerprint density at radius 2 is 1.83 bits per heavy atom. The largest absolute Gasteiger partial charge is 0.368 e. The normalized spacial score (nSPS) is 16.2. The van der Waals surface area contributed by atoms with Crippen LogP contribution in [0.5, 0.6) is 0 Å². The maximum Gasteiger partial charge on any atom is 0.161 e. The number of nitrogens with zero attached hydrogens (tertiary/aromatic N) is 5. The van der Waals surface area contributed by atoms with E-state index in [9.17, 15) is 4.79 Å². The molecule has 2 aliphatic rings. The highest BCUT2D eigenvalue weighted by Crippen LogP contribution is 2.36. The van der Waals surface area contributed by atoms with Crippen LogP contribution in [0.15, 0.2) is 55.0 Å². The number of fused-ring (bicyclic) bond motifs is 2. The van der Waals surface area contributed by atoms with Crippen LogP contribution in [-0.4, -0.2) is 57.8 Å². The van der Waals surface area contributed by atoms with Crippen molar-refractivity contribution in [1.82, 2.24) is 19.3 Å². The van der Waals surface area contributed by atoms with Gasteiger partial charge < -0.3 is 15.1 Å². The quantitative estimate of drug-likeness (QED) is 0.416. The number of Topliss-reactive ketones (excluding diaryl/α,β-unsaturated/α-hetero) is 1. The van der Waals surface area contributed by atoms with Crippen LogP contribution < -0.4 is 10.2 Å². The second-order valence-corrected chi connectivity index (χ2v) is 9.57. The number of carbonyl (C=O) groups is 1. The topological polar surface area (TPSA) is 65.8 Å². The molecule has 0 amide bonds. The first kappa shape index (κ1) is 22.1. The molecule has 0 bridgehead atoms. The first-order valence-electron chi connectivity index (χ1n) is 12.1. The molecule has 4 heterocycles. The van der Waals surface area contributed by atoms with Crippen LogP contribution in [0.4, 0.5) is 17.2 Å². The van der Waals surface area contributed by atoms with Gasteiger partial charge in [-0.15, -0.1) is 0 Å². The maximum absolute atomic E-state index is 11.9. The molecule has 8 heteroatoms. The summed E-state index contributed by atoms with van der Waals surface area (Å²) in [4.78, 5) is 26.0. The highest BCUT2D eigenvalue weighted by atomic mass is 35.5. The molecule has 0 atom stereocenters.